The Morgan fingerprint density at radius 2 is 1.71 bits per heavy atom. The van der Waals surface area contributed by atoms with Gasteiger partial charge in [0.15, 0.2) is 0 Å². The molecule has 0 N–H and O–H groups in total. The van der Waals surface area contributed by atoms with Crippen LogP contribution in [0.4, 0.5) is 0 Å². The average Bonchev–Trinajstić information content (AvgIpc) is 2.93. The summed E-state index contributed by atoms with van der Waals surface area (Å²) >= 11 is 0. The van der Waals surface area contributed by atoms with E-state index in [2.05, 4.69) is 65.9 Å². The predicted octanol–water partition coefficient (Wildman–Crippen LogP) is 4.88. The fourth-order valence-electron chi connectivity index (χ4n) is 2.69. The fourth-order valence-corrected chi connectivity index (χ4v) is 2.69. The van der Waals surface area contributed by atoms with Crippen molar-refractivity contribution >= 4 is 0 Å². The molecule has 0 saturated heterocycles. The highest BCUT2D eigenvalue weighted by atomic mass is 15.0. The molecular weight excluding hydrogens is 256 g/mol. The predicted molar refractivity (Wildman–Crippen MR) is 88.2 cm³/mol. The van der Waals surface area contributed by atoms with Gasteiger partial charge in [-0.05, 0) is 28.7 Å². The smallest absolute Gasteiger partial charge is 0.139 e. The van der Waals surface area contributed by atoms with Gasteiger partial charge in [0.05, 0.1) is 0 Å². The van der Waals surface area contributed by atoms with E-state index in [1.54, 1.807) is 0 Å². The molecule has 2 aromatic carbocycles. The molecule has 0 radical (unpaired) electrons. The van der Waals surface area contributed by atoms with Crippen LogP contribution in [0, 0.1) is 0 Å². The monoisotopic (exact) mass is 276 g/mol. The molecule has 0 aliphatic carbocycles. The summed E-state index contributed by atoms with van der Waals surface area (Å²) in [6.45, 7) is 4.45. The number of aryl methyl sites for hydroxylation is 1. The van der Waals surface area contributed by atoms with Crippen LogP contribution in [0.1, 0.15) is 25.3 Å². The molecule has 2 heteroatoms. The van der Waals surface area contributed by atoms with Gasteiger partial charge in [0.25, 0.3) is 0 Å². The van der Waals surface area contributed by atoms with E-state index in [4.69, 9.17) is 0 Å². The van der Waals surface area contributed by atoms with E-state index in [1.165, 1.54) is 22.3 Å². The Labute approximate surface area is 126 Å². The summed E-state index contributed by atoms with van der Waals surface area (Å²) in [5.74, 6) is 1.50. The van der Waals surface area contributed by atoms with Crippen LogP contribution < -0.4 is 0 Å². The lowest BCUT2D eigenvalue weighted by Crippen LogP contribution is -1.98. The third-order valence-corrected chi connectivity index (χ3v) is 3.84. The van der Waals surface area contributed by atoms with Crippen molar-refractivity contribution in [1.29, 1.82) is 0 Å². The Bertz CT molecular complexity index is 739. The summed E-state index contributed by atoms with van der Waals surface area (Å²) < 4.78 is 2.08. The van der Waals surface area contributed by atoms with E-state index in [1.807, 2.05) is 25.5 Å². The van der Waals surface area contributed by atoms with Gasteiger partial charge in [-0.3, -0.25) is 0 Å². The van der Waals surface area contributed by atoms with Crippen LogP contribution in [-0.2, 0) is 7.05 Å². The fraction of sp³-hybridized carbons (Fsp3) is 0.211. The van der Waals surface area contributed by atoms with Crippen LogP contribution in [-0.4, -0.2) is 9.55 Å². The van der Waals surface area contributed by atoms with E-state index in [0.717, 1.165) is 5.82 Å². The van der Waals surface area contributed by atoms with E-state index < -0.39 is 0 Å². The Morgan fingerprint density at radius 1 is 0.952 bits per heavy atom. The summed E-state index contributed by atoms with van der Waals surface area (Å²) in [6, 6.07) is 17.2. The molecule has 2 nitrogen and oxygen atoms in total. The van der Waals surface area contributed by atoms with Crippen LogP contribution in [0.3, 0.4) is 0 Å². The summed E-state index contributed by atoms with van der Waals surface area (Å²) in [5.41, 5.74) is 5.03. The zero-order valence-electron chi connectivity index (χ0n) is 12.7. The first-order valence-electron chi connectivity index (χ1n) is 7.34. The number of imidazole rings is 1. The minimum absolute atomic E-state index is 0.474. The average molecular weight is 276 g/mol. The first kappa shape index (κ1) is 13.6. The number of aromatic nitrogens is 2. The van der Waals surface area contributed by atoms with Crippen LogP contribution >= 0.6 is 0 Å². The molecule has 0 bridgehead atoms. The van der Waals surface area contributed by atoms with Crippen molar-refractivity contribution in [2.75, 3.05) is 0 Å². The second-order valence-corrected chi connectivity index (χ2v) is 5.68. The topological polar surface area (TPSA) is 17.8 Å². The van der Waals surface area contributed by atoms with Crippen molar-refractivity contribution in [2.24, 2.45) is 7.05 Å². The summed E-state index contributed by atoms with van der Waals surface area (Å²) in [4.78, 5) is 4.53. The maximum absolute atomic E-state index is 4.53. The molecule has 0 fully saturated rings. The molecule has 0 atom stereocenters. The van der Waals surface area contributed by atoms with Crippen molar-refractivity contribution in [3.8, 4) is 22.5 Å². The lowest BCUT2D eigenvalue weighted by atomic mass is 9.93. The van der Waals surface area contributed by atoms with E-state index in [9.17, 15) is 0 Å². The number of hydrogen-bond acceptors (Lipinski definition) is 1. The summed E-state index contributed by atoms with van der Waals surface area (Å²) in [6.07, 6.45) is 3.85. The van der Waals surface area contributed by atoms with Gasteiger partial charge in [-0.1, -0.05) is 56.3 Å². The maximum Gasteiger partial charge on any atom is 0.139 e. The molecule has 0 aliphatic heterocycles. The largest absolute Gasteiger partial charge is 0.334 e. The standard InChI is InChI=1S/C19H20N2/c1-14(2)17-10-9-16(15-7-5-4-6-8-15)13-18(17)19-20-11-12-21(19)3/h4-14H,1-3H3. The molecular formula is C19H20N2. The molecule has 21 heavy (non-hydrogen) atoms. The van der Waals surface area contributed by atoms with Gasteiger partial charge in [0.2, 0.25) is 0 Å². The van der Waals surface area contributed by atoms with E-state index in [0.29, 0.717) is 5.92 Å². The van der Waals surface area contributed by atoms with Gasteiger partial charge >= 0.3 is 0 Å². The molecule has 1 aromatic heterocycles. The number of nitrogens with zero attached hydrogens (tertiary/aromatic N) is 2. The Morgan fingerprint density at radius 3 is 2.33 bits per heavy atom. The molecule has 0 aliphatic rings. The zero-order valence-corrected chi connectivity index (χ0v) is 12.7. The van der Waals surface area contributed by atoms with Gasteiger partial charge in [-0.15, -0.1) is 0 Å². The number of benzene rings is 2. The molecule has 3 aromatic rings. The van der Waals surface area contributed by atoms with Crippen LogP contribution in [0.25, 0.3) is 22.5 Å². The normalized spacial score (nSPS) is 11.0. The lowest BCUT2D eigenvalue weighted by molar-refractivity contribution is 0.858. The van der Waals surface area contributed by atoms with Crippen molar-refractivity contribution in [2.45, 2.75) is 19.8 Å². The van der Waals surface area contributed by atoms with Crippen molar-refractivity contribution in [3.05, 3.63) is 66.5 Å². The highest BCUT2D eigenvalue weighted by Gasteiger charge is 2.13. The molecule has 0 amide bonds. The molecule has 0 saturated carbocycles. The van der Waals surface area contributed by atoms with Gasteiger partial charge in [0, 0.05) is 25.0 Å². The van der Waals surface area contributed by atoms with Gasteiger partial charge in [-0.2, -0.15) is 0 Å². The molecule has 106 valence electrons. The second-order valence-electron chi connectivity index (χ2n) is 5.68. The van der Waals surface area contributed by atoms with Crippen molar-refractivity contribution in [3.63, 3.8) is 0 Å². The van der Waals surface area contributed by atoms with Crippen LogP contribution in [0.15, 0.2) is 60.9 Å². The van der Waals surface area contributed by atoms with Crippen molar-refractivity contribution < 1.29 is 0 Å². The molecule has 0 unspecified atom stereocenters. The Kier molecular flexibility index (Phi) is 3.61. The minimum Gasteiger partial charge on any atom is -0.334 e. The van der Waals surface area contributed by atoms with Crippen LogP contribution in [0.5, 0.6) is 0 Å². The second kappa shape index (κ2) is 5.57. The van der Waals surface area contributed by atoms with Crippen LogP contribution in [0.2, 0.25) is 0 Å². The first-order valence-corrected chi connectivity index (χ1v) is 7.34. The Hall–Kier alpha value is -2.35. The first-order chi connectivity index (χ1) is 10.2. The van der Waals surface area contributed by atoms with Crippen molar-refractivity contribution in [1.82, 2.24) is 9.55 Å². The van der Waals surface area contributed by atoms with Gasteiger partial charge in [-0.25, -0.2) is 4.98 Å². The number of hydrogen-bond donors (Lipinski definition) is 0. The summed E-state index contributed by atoms with van der Waals surface area (Å²) in [7, 11) is 2.04. The highest BCUT2D eigenvalue weighted by Crippen LogP contribution is 2.32. The SMILES string of the molecule is CC(C)c1ccc(-c2ccccc2)cc1-c1nccn1C. The molecule has 1 heterocycles. The molecule has 0 spiro atoms. The third kappa shape index (κ3) is 2.62. The van der Waals surface area contributed by atoms with Gasteiger partial charge in [0.1, 0.15) is 5.82 Å². The third-order valence-electron chi connectivity index (χ3n) is 3.84. The lowest BCUT2D eigenvalue weighted by Gasteiger charge is -2.15. The maximum atomic E-state index is 4.53. The highest BCUT2D eigenvalue weighted by molar-refractivity contribution is 5.73. The Balaban J connectivity index is 2.18. The van der Waals surface area contributed by atoms with E-state index in [-0.39, 0.29) is 0 Å². The number of rotatable bonds is 3. The van der Waals surface area contributed by atoms with Gasteiger partial charge < -0.3 is 4.57 Å². The minimum atomic E-state index is 0.474. The quantitative estimate of drug-likeness (QED) is 0.667. The molecule has 3 rings (SSSR count). The summed E-state index contributed by atoms with van der Waals surface area (Å²) in [5, 5.41) is 0. The zero-order chi connectivity index (χ0) is 14.8. The van der Waals surface area contributed by atoms with E-state index >= 15 is 0 Å².